The molecule has 1 amide bonds. The van der Waals surface area contributed by atoms with Gasteiger partial charge < -0.3 is 0 Å². The zero-order valence-electron chi connectivity index (χ0n) is 17.4. The number of halogens is 1. The quantitative estimate of drug-likeness (QED) is 0.307. The first kappa shape index (κ1) is 23.5. The summed E-state index contributed by atoms with van der Waals surface area (Å²) in [6.07, 6.45) is 1.24. The molecule has 0 aromatic heterocycles. The zero-order chi connectivity index (χ0) is 24.0. The van der Waals surface area contributed by atoms with Gasteiger partial charge >= 0.3 is 0 Å². The Morgan fingerprint density at radius 2 is 1.73 bits per heavy atom. The maximum atomic E-state index is 14.4. The maximum Gasteiger partial charge on any atom is 0.269 e. The van der Waals surface area contributed by atoms with Gasteiger partial charge in [0.05, 0.1) is 21.7 Å². The monoisotopic (exact) mass is 470 g/mol. The summed E-state index contributed by atoms with van der Waals surface area (Å²) < 4.78 is 41.5. The van der Waals surface area contributed by atoms with Gasteiger partial charge in [-0.2, -0.15) is 5.10 Å². The van der Waals surface area contributed by atoms with Crippen LogP contribution in [-0.2, 0) is 14.8 Å². The minimum atomic E-state index is -4.26. The van der Waals surface area contributed by atoms with E-state index in [1.807, 2.05) is 0 Å². The van der Waals surface area contributed by atoms with Crippen molar-refractivity contribution >= 4 is 33.5 Å². The lowest BCUT2D eigenvalue weighted by atomic mass is 10.2. The van der Waals surface area contributed by atoms with E-state index in [-0.39, 0.29) is 16.3 Å². The summed E-state index contributed by atoms with van der Waals surface area (Å²) in [4.78, 5) is 22.5. The number of carbonyl (C=O) groups is 1. The molecule has 0 aliphatic carbocycles. The molecule has 170 valence electrons. The lowest BCUT2D eigenvalue weighted by Crippen LogP contribution is -2.40. The largest absolute Gasteiger partial charge is 0.271 e. The maximum absolute atomic E-state index is 14.4. The lowest BCUT2D eigenvalue weighted by molar-refractivity contribution is -0.384. The molecule has 3 aromatic carbocycles. The first-order valence-electron chi connectivity index (χ1n) is 9.59. The van der Waals surface area contributed by atoms with Crippen molar-refractivity contribution in [1.29, 1.82) is 0 Å². The molecule has 0 saturated heterocycles. The highest BCUT2D eigenvalue weighted by Gasteiger charge is 2.29. The van der Waals surface area contributed by atoms with Crippen molar-refractivity contribution in [1.82, 2.24) is 5.43 Å². The molecule has 0 fully saturated rings. The van der Waals surface area contributed by atoms with E-state index in [2.05, 4.69) is 10.5 Å². The number of rotatable bonds is 8. The number of hydrogen-bond acceptors (Lipinski definition) is 6. The SMILES string of the molecule is Cc1ccc(S(=O)(=O)N(CC(=O)N/N=C\c2ccc([N+](=O)[O-])cc2)c2ccccc2F)cc1. The summed E-state index contributed by atoms with van der Waals surface area (Å²) >= 11 is 0. The van der Waals surface area contributed by atoms with Gasteiger partial charge in [-0.25, -0.2) is 18.2 Å². The van der Waals surface area contributed by atoms with Crippen molar-refractivity contribution < 1.29 is 22.5 Å². The van der Waals surface area contributed by atoms with Crippen LogP contribution >= 0.6 is 0 Å². The van der Waals surface area contributed by atoms with E-state index in [1.165, 1.54) is 60.8 Å². The van der Waals surface area contributed by atoms with Crippen LogP contribution < -0.4 is 9.73 Å². The average molecular weight is 470 g/mol. The van der Waals surface area contributed by atoms with Crippen LogP contribution in [0.15, 0.2) is 82.8 Å². The third-order valence-electron chi connectivity index (χ3n) is 4.52. The number of sulfonamides is 1. The third-order valence-corrected chi connectivity index (χ3v) is 6.30. The van der Waals surface area contributed by atoms with Crippen LogP contribution in [0.25, 0.3) is 0 Å². The zero-order valence-corrected chi connectivity index (χ0v) is 18.2. The normalized spacial score (nSPS) is 11.3. The number of hydrogen-bond donors (Lipinski definition) is 1. The molecule has 1 N–H and O–H groups in total. The summed E-state index contributed by atoms with van der Waals surface area (Å²) in [5.41, 5.74) is 3.11. The number of nitro benzene ring substituents is 1. The molecular formula is C22H19FN4O5S. The summed E-state index contributed by atoms with van der Waals surface area (Å²) in [6.45, 7) is 1.07. The van der Waals surface area contributed by atoms with Crippen LogP contribution in [0.1, 0.15) is 11.1 Å². The van der Waals surface area contributed by atoms with Crippen molar-refractivity contribution in [3.8, 4) is 0 Å². The Balaban J connectivity index is 1.81. The Kier molecular flexibility index (Phi) is 7.13. The Morgan fingerprint density at radius 1 is 1.09 bits per heavy atom. The van der Waals surface area contributed by atoms with Gasteiger partial charge in [0.1, 0.15) is 12.4 Å². The predicted molar refractivity (Wildman–Crippen MR) is 121 cm³/mol. The molecule has 0 unspecified atom stereocenters. The van der Waals surface area contributed by atoms with E-state index in [4.69, 9.17) is 0 Å². The van der Waals surface area contributed by atoms with E-state index in [1.54, 1.807) is 19.1 Å². The molecule has 0 spiro atoms. The molecule has 0 aliphatic heterocycles. The fourth-order valence-corrected chi connectivity index (χ4v) is 4.25. The molecule has 0 saturated carbocycles. The Bertz CT molecular complexity index is 1290. The highest BCUT2D eigenvalue weighted by molar-refractivity contribution is 7.92. The second-order valence-corrected chi connectivity index (χ2v) is 8.78. The van der Waals surface area contributed by atoms with Gasteiger partial charge in [-0.3, -0.25) is 19.2 Å². The van der Waals surface area contributed by atoms with Crippen molar-refractivity contribution in [2.45, 2.75) is 11.8 Å². The number of carbonyl (C=O) groups excluding carboxylic acids is 1. The number of amides is 1. The summed E-state index contributed by atoms with van der Waals surface area (Å²) in [5, 5.41) is 14.4. The van der Waals surface area contributed by atoms with E-state index in [9.17, 15) is 27.7 Å². The first-order valence-corrected chi connectivity index (χ1v) is 11.0. The van der Waals surface area contributed by atoms with E-state index >= 15 is 0 Å². The van der Waals surface area contributed by atoms with Crippen LogP contribution in [0.2, 0.25) is 0 Å². The number of aryl methyl sites for hydroxylation is 1. The number of benzene rings is 3. The smallest absolute Gasteiger partial charge is 0.269 e. The average Bonchev–Trinajstić information content (AvgIpc) is 2.78. The van der Waals surface area contributed by atoms with Gasteiger partial charge in [0, 0.05) is 12.1 Å². The molecule has 3 aromatic rings. The van der Waals surface area contributed by atoms with Crippen LogP contribution in [0.3, 0.4) is 0 Å². The lowest BCUT2D eigenvalue weighted by Gasteiger charge is -2.24. The minimum absolute atomic E-state index is 0.0986. The number of non-ortho nitro benzene ring substituents is 1. The molecule has 3 rings (SSSR count). The van der Waals surface area contributed by atoms with Gasteiger partial charge in [0.15, 0.2) is 0 Å². The Morgan fingerprint density at radius 3 is 2.33 bits per heavy atom. The summed E-state index contributed by atoms with van der Waals surface area (Å²) in [6, 6.07) is 16.6. The Labute approximate surface area is 189 Å². The van der Waals surface area contributed by atoms with Crippen molar-refractivity contribution in [3.05, 3.63) is 99.9 Å². The molecular weight excluding hydrogens is 451 g/mol. The fraction of sp³-hybridized carbons (Fsp3) is 0.0909. The van der Waals surface area contributed by atoms with Crippen LogP contribution in [-0.4, -0.2) is 32.0 Å². The van der Waals surface area contributed by atoms with Crippen LogP contribution in [0.4, 0.5) is 15.8 Å². The van der Waals surface area contributed by atoms with Gasteiger partial charge in [-0.1, -0.05) is 29.8 Å². The Hall–Kier alpha value is -4.12. The number of nitrogens with zero attached hydrogens (tertiary/aromatic N) is 3. The predicted octanol–water partition coefficient (Wildman–Crippen LogP) is 3.39. The second-order valence-electron chi connectivity index (χ2n) is 6.92. The molecule has 0 aliphatic rings. The topological polar surface area (TPSA) is 122 Å². The van der Waals surface area contributed by atoms with Crippen molar-refractivity contribution in [2.24, 2.45) is 5.10 Å². The van der Waals surface area contributed by atoms with Crippen molar-refractivity contribution in [2.75, 3.05) is 10.8 Å². The molecule has 0 atom stereocenters. The standard InChI is InChI=1S/C22H19FN4O5S/c1-16-6-12-19(13-7-16)33(31,32)26(21-5-3-2-4-20(21)23)15-22(28)25-24-14-17-8-10-18(11-9-17)27(29)30/h2-14H,15H2,1H3,(H,25,28)/b24-14-. The van der Waals surface area contributed by atoms with Gasteiger partial charge in [0.25, 0.3) is 21.6 Å². The highest BCUT2D eigenvalue weighted by Crippen LogP contribution is 2.26. The summed E-state index contributed by atoms with van der Waals surface area (Å²) in [7, 11) is -4.26. The van der Waals surface area contributed by atoms with Gasteiger partial charge in [-0.05, 0) is 48.9 Å². The number of anilines is 1. The fourth-order valence-electron chi connectivity index (χ4n) is 2.82. The van der Waals surface area contributed by atoms with Crippen LogP contribution in [0.5, 0.6) is 0 Å². The van der Waals surface area contributed by atoms with Crippen LogP contribution in [0, 0.1) is 22.9 Å². The van der Waals surface area contributed by atoms with E-state index in [0.29, 0.717) is 9.87 Å². The third kappa shape index (κ3) is 5.77. The molecule has 0 radical (unpaired) electrons. The number of para-hydroxylation sites is 1. The summed E-state index contributed by atoms with van der Waals surface area (Å²) in [5.74, 6) is -1.62. The minimum Gasteiger partial charge on any atom is -0.271 e. The number of nitro groups is 1. The molecule has 11 heteroatoms. The number of hydrazone groups is 1. The second kappa shape index (κ2) is 10.0. The highest BCUT2D eigenvalue weighted by atomic mass is 32.2. The van der Waals surface area contributed by atoms with Gasteiger partial charge in [-0.15, -0.1) is 0 Å². The first-order chi connectivity index (χ1) is 15.7. The molecule has 33 heavy (non-hydrogen) atoms. The van der Waals surface area contributed by atoms with E-state index in [0.717, 1.165) is 11.6 Å². The number of nitrogens with one attached hydrogen (secondary N) is 1. The molecule has 9 nitrogen and oxygen atoms in total. The molecule has 0 bridgehead atoms. The van der Waals surface area contributed by atoms with E-state index < -0.39 is 33.2 Å². The van der Waals surface area contributed by atoms with Crippen molar-refractivity contribution in [3.63, 3.8) is 0 Å². The van der Waals surface area contributed by atoms with Gasteiger partial charge in [0.2, 0.25) is 0 Å². The molecule has 0 heterocycles.